The number of nitrogens with zero attached hydrogens (tertiary/aromatic N) is 1. The molecule has 1 aliphatic heterocycles. The highest BCUT2D eigenvalue weighted by molar-refractivity contribution is 6.17. The summed E-state index contributed by atoms with van der Waals surface area (Å²) in [6.07, 6.45) is 4.11. The number of pyridine rings is 1. The van der Waals surface area contributed by atoms with Crippen LogP contribution in [-0.2, 0) is 17.2 Å². The molecule has 0 aromatic carbocycles. The average Bonchev–Trinajstić information content (AvgIpc) is 2.74. The summed E-state index contributed by atoms with van der Waals surface area (Å²) in [5.74, 6) is 0.269. The van der Waals surface area contributed by atoms with Crippen molar-refractivity contribution in [2.24, 2.45) is 0 Å². The van der Waals surface area contributed by atoms with Crippen molar-refractivity contribution in [3.63, 3.8) is 0 Å². The molecular formula is C11H14ClNO2. The smallest absolute Gasteiger partial charge is 0.255 e. The van der Waals surface area contributed by atoms with Gasteiger partial charge in [0.2, 0.25) is 0 Å². The van der Waals surface area contributed by atoms with E-state index < -0.39 is 0 Å². The molecule has 1 aromatic heterocycles. The minimum absolute atomic E-state index is 0.00278. The first-order chi connectivity index (χ1) is 7.31. The van der Waals surface area contributed by atoms with E-state index in [4.69, 9.17) is 16.3 Å². The lowest BCUT2D eigenvalue weighted by Crippen LogP contribution is -2.27. The van der Waals surface area contributed by atoms with Gasteiger partial charge in [-0.05, 0) is 18.9 Å². The van der Waals surface area contributed by atoms with E-state index in [1.54, 1.807) is 16.8 Å². The van der Waals surface area contributed by atoms with Crippen molar-refractivity contribution in [1.29, 1.82) is 0 Å². The number of alkyl halides is 1. The molecule has 3 nitrogen and oxygen atoms in total. The van der Waals surface area contributed by atoms with Crippen molar-refractivity contribution in [1.82, 2.24) is 4.57 Å². The predicted octanol–water partition coefficient (Wildman–Crippen LogP) is 1.77. The van der Waals surface area contributed by atoms with Crippen LogP contribution in [0.1, 0.15) is 18.4 Å². The molecule has 0 N–H and O–H groups in total. The van der Waals surface area contributed by atoms with Crippen LogP contribution in [0, 0.1) is 0 Å². The van der Waals surface area contributed by atoms with Crippen molar-refractivity contribution < 1.29 is 4.74 Å². The molecule has 2 heterocycles. The maximum atomic E-state index is 11.8. The highest BCUT2D eigenvalue weighted by Gasteiger charge is 2.16. The third-order valence-corrected chi connectivity index (χ3v) is 2.96. The molecule has 4 heteroatoms. The number of hydrogen-bond donors (Lipinski definition) is 0. The van der Waals surface area contributed by atoms with Crippen LogP contribution >= 0.6 is 11.6 Å². The lowest BCUT2D eigenvalue weighted by atomic mass is 10.2. The van der Waals surface area contributed by atoms with Gasteiger partial charge in [0.05, 0.1) is 18.5 Å². The maximum absolute atomic E-state index is 11.8. The molecule has 1 saturated heterocycles. The quantitative estimate of drug-likeness (QED) is 0.737. The fourth-order valence-electron chi connectivity index (χ4n) is 1.84. The third-order valence-electron chi connectivity index (χ3n) is 2.67. The molecule has 0 unspecified atom stereocenters. The number of rotatable bonds is 3. The zero-order valence-corrected chi connectivity index (χ0v) is 9.24. The zero-order chi connectivity index (χ0) is 10.7. The molecule has 0 bridgehead atoms. The second kappa shape index (κ2) is 4.81. The number of halogens is 1. The minimum atomic E-state index is 0.00278. The molecule has 0 saturated carbocycles. The maximum Gasteiger partial charge on any atom is 0.255 e. The molecule has 1 aromatic rings. The second-order valence-corrected chi connectivity index (χ2v) is 4.03. The van der Waals surface area contributed by atoms with Gasteiger partial charge in [-0.2, -0.15) is 0 Å². The lowest BCUT2D eigenvalue weighted by Gasteiger charge is -2.12. The van der Waals surface area contributed by atoms with Gasteiger partial charge in [-0.15, -0.1) is 11.6 Å². The van der Waals surface area contributed by atoms with E-state index in [2.05, 4.69) is 0 Å². The highest BCUT2D eigenvalue weighted by Crippen LogP contribution is 2.13. The van der Waals surface area contributed by atoms with Crippen LogP contribution in [-0.4, -0.2) is 17.3 Å². The fraction of sp³-hybridized carbons (Fsp3) is 0.545. The van der Waals surface area contributed by atoms with Crippen molar-refractivity contribution in [2.45, 2.75) is 31.4 Å². The van der Waals surface area contributed by atoms with Crippen LogP contribution in [0.15, 0.2) is 23.1 Å². The van der Waals surface area contributed by atoms with E-state index in [0.717, 1.165) is 19.4 Å². The van der Waals surface area contributed by atoms with Crippen LogP contribution in [0.5, 0.6) is 0 Å². The molecule has 15 heavy (non-hydrogen) atoms. The van der Waals surface area contributed by atoms with Gasteiger partial charge in [0.1, 0.15) is 0 Å². The molecule has 1 atom stereocenters. The Hall–Kier alpha value is -0.800. The van der Waals surface area contributed by atoms with Crippen LogP contribution in [0.3, 0.4) is 0 Å². The van der Waals surface area contributed by atoms with Crippen molar-refractivity contribution in [2.75, 3.05) is 6.61 Å². The molecule has 0 radical (unpaired) electrons. The Bertz CT molecular complexity index is 382. The fourth-order valence-corrected chi connectivity index (χ4v) is 2.04. The first-order valence-electron chi connectivity index (χ1n) is 5.17. The first kappa shape index (κ1) is 10.7. The summed E-state index contributed by atoms with van der Waals surface area (Å²) in [5, 5.41) is 0. The molecule has 1 fully saturated rings. The lowest BCUT2D eigenvalue weighted by molar-refractivity contribution is 0.0961. The van der Waals surface area contributed by atoms with Gasteiger partial charge in [-0.3, -0.25) is 4.79 Å². The van der Waals surface area contributed by atoms with Crippen LogP contribution in [0.25, 0.3) is 0 Å². The third kappa shape index (κ3) is 2.41. The molecule has 2 rings (SSSR count). The van der Waals surface area contributed by atoms with E-state index in [1.165, 1.54) is 0 Å². The van der Waals surface area contributed by atoms with Gasteiger partial charge in [0.15, 0.2) is 0 Å². The minimum Gasteiger partial charge on any atom is -0.376 e. The Morgan fingerprint density at radius 2 is 2.47 bits per heavy atom. The largest absolute Gasteiger partial charge is 0.376 e. The Morgan fingerprint density at radius 1 is 1.60 bits per heavy atom. The highest BCUT2D eigenvalue weighted by atomic mass is 35.5. The van der Waals surface area contributed by atoms with E-state index in [0.29, 0.717) is 12.1 Å². The zero-order valence-electron chi connectivity index (χ0n) is 8.49. The van der Waals surface area contributed by atoms with Gasteiger partial charge in [0.25, 0.3) is 5.56 Å². The predicted molar refractivity (Wildman–Crippen MR) is 59.2 cm³/mol. The van der Waals surface area contributed by atoms with Crippen molar-refractivity contribution in [3.05, 3.63) is 34.2 Å². The van der Waals surface area contributed by atoms with Gasteiger partial charge in [-0.1, -0.05) is 6.07 Å². The van der Waals surface area contributed by atoms with Crippen molar-refractivity contribution in [3.8, 4) is 0 Å². The monoisotopic (exact) mass is 227 g/mol. The van der Waals surface area contributed by atoms with E-state index in [1.807, 2.05) is 6.07 Å². The Morgan fingerprint density at radius 3 is 3.13 bits per heavy atom. The molecule has 82 valence electrons. The summed E-state index contributed by atoms with van der Waals surface area (Å²) >= 11 is 5.68. The standard InChI is InChI=1S/C11H14ClNO2/c12-7-9-3-1-5-13(11(9)14)8-10-4-2-6-15-10/h1,3,5,10H,2,4,6-8H2/t10-/m1/s1. The van der Waals surface area contributed by atoms with E-state index in [9.17, 15) is 4.79 Å². The molecular weight excluding hydrogens is 214 g/mol. The first-order valence-corrected chi connectivity index (χ1v) is 5.70. The van der Waals surface area contributed by atoms with Gasteiger partial charge < -0.3 is 9.30 Å². The average molecular weight is 228 g/mol. The molecule has 0 spiro atoms. The van der Waals surface area contributed by atoms with Crippen molar-refractivity contribution >= 4 is 11.6 Å². The normalized spacial score (nSPS) is 20.7. The summed E-state index contributed by atoms with van der Waals surface area (Å²) in [6.45, 7) is 1.46. The molecule has 1 aliphatic rings. The second-order valence-electron chi connectivity index (χ2n) is 3.76. The van der Waals surface area contributed by atoms with Gasteiger partial charge in [0, 0.05) is 18.4 Å². The number of aromatic nitrogens is 1. The van der Waals surface area contributed by atoms with E-state index >= 15 is 0 Å². The number of ether oxygens (including phenoxy) is 1. The van der Waals surface area contributed by atoms with Crippen LogP contribution in [0.4, 0.5) is 0 Å². The van der Waals surface area contributed by atoms with E-state index in [-0.39, 0.29) is 17.5 Å². The molecule has 0 amide bonds. The Kier molecular flexibility index (Phi) is 3.44. The summed E-state index contributed by atoms with van der Waals surface area (Å²) in [6, 6.07) is 3.62. The Balaban J connectivity index is 2.17. The summed E-state index contributed by atoms with van der Waals surface area (Å²) in [4.78, 5) is 11.8. The Labute approximate surface area is 93.6 Å². The summed E-state index contributed by atoms with van der Waals surface area (Å²) < 4.78 is 7.18. The van der Waals surface area contributed by atoms with Gasteiger partial charge >= 0.3 is 0 Å². The summed E-state index contributed by atoms with van der Waals surface area (Å²) in [5.41, 5.74) is 0.653. The van der Waals surface area contributed by atoms with Crippen LogP contribution < -0.4 is 5.56 Å². The molecule has 0 aliphatic carbocycles. The summed E-state index contributed by atoms with van der Waals surface area (Å²) in [7, 11) is 0. The topological polar surface area (TPSA) is 31.2 Å². The SMILES string of the molecule is O=c1c(CCl)cccn1C[C@H]1CCCO1. The number of hydrogen-bond acceptors (Lipinski definition) is 2. The van der Waals surface area contributed by atoms with Crippen LogP contribution in [0.2, 0.25) is 0 Å². The van der Waals surface area contributed by atoms with Gasteiger partial charge in [-0.25, -0.2) is 0 Å².